The van der Waals surface area contributed by atoms with Gasteiger partial charge in [0.2, 0.25) is 5.91 Å². The maximum atomic E-state index is 11.5. The summed E-state index contributed by atoms with van der Waals surface area (Å²) < 4.78 is 1.52. The van der Waals surface area contributed by atoms with Gasteiger partial charge < -0.3 is 15.5 Å². The molecule has 0 aromatic carbocycles. The van der Waals surface area contributed by atoms with Crippen LogP contribution in [0.1, 0.15) is 12.1 Å². The average molecular weight is 267 g/mol. The molecule has 1 heterocycles. The molecule has 8 heteroatoms. The van der Waals surface area contributed by atoms with Crippen molar-refractivity contribution in [1.29, 1.82) is 0 Å². The number of hydrogen-bond acceptors (Lipinski definition) is 4. The highest BCUT2D eigenvalue weighted by atomic mass is 16.4. The summed E-state index contributed by atoms with van der Waals surface area (Å²) in [5.41, 5.74) is 0.653. The Morgan fingerprint density at radius 1 is 1.47 bits per heavy atom. The summed E-state index contributed by atoms with van der Waals surface area (Å²) in [4.78, 5) is 32.6. The van der Waals surface area contributed by atoms with Gasteiger partial charge in [-0.3, -0.25) is 14.3 Å². The minimum atomic E-state index is -1.46. The van der Waals surface area contributed by atoms with E-state index in [4.69, 9.17) is 10.2 Å². The first-order valence-electron chi connectivity index (χ1n) is 5.31. The molecule has 102 valence electrons. The lowest BCUT2D eigenvalue weighted by Crippen LogP contribution is -2.41. The van der Waals surface area contributed by atoms with Crippen LogP contribution >= 0.6 is 0 Å². The van der Waals surface area contributed by atoms with E-state index in [1.807, 2.05) is 0 Å². The van der Waals surface area contributed by atoms with Gasteiger partial charge in [0.25, 0.3) is 0 Å². The fraction of sp³-hybridized carbons (Fsp3) is 0.273. The van der Waals surface area contributed by atoms with Crippen LogP contribution in [-0.4, -0.2) is 43.9 Å². The van der Waals surface area contributed by atoms with Crippen molar-refractivity contribution in [3.05, 3.63) is 24.0 Å². The maximum Gasteiger partial charge on any atom is 0.326 e. The van der Waals surface area contributed by atoms with Crippen LogP contribution in [0.25, 0.3) is 6.08 Å². The van der Waals surface area contributed by atoms with Crippen LogP contribution < -0.4 is 5.32 Å². The van der Waals surface area contributed by atoms with Crippen LogP contribution in [0.5, 0.6) is 0 Å². The van der Waals surface area contributed by atoms with E-state index < -0.39 is 30.3 Å². The van der Waals surface area contributed by atoms with Crippen molar-refractivity contribution in [3.8, 4) is 0 Å². The quantitative estimate of drug-likeness (QED) is 0.596. The summed E-state index contributed by atoms with van der Waals surface area (Å²) in [6, 6.07) is 0.205. The number of aliphatic carboxylic acids is 2. The number of hydrogen-bond donors (Lipinski definition) is 3. The lowest BCUT2D eigenvalue weighted by Gasteiger charge is -2.10. The van der Waals surface area contributed by atoms with Crippen LogP contribution in [0, 0.1) is 0 Å². The van der Waals surface area contributed by atoms with Gasteiger partial charge in [0, 0.05) is 19.3 Å². The molecule has 19 heavy (non-hydrogen) atoms. The highest BCUT2D eigenvalue weighted by Crippen LogP contribution is 1.99. The summed E-state index contributed by atoms with van der Waals surface area (Å²) in [5, 5.41) is 23.2. The lowest BCUT2D eigenvalue weighted by molar-refractivity contribution is -0.146. The van der Waals surface area contributed by atoms with Gasteiger partial charge in [-0.25, -0.2) is 4.79 Å². The Morgan fingerprint density at radius 3 is 2.63 bits per heavy atom. The molecule has 8 nitrogen and oxygen atoms in total. The molecule has 0 bridgehead atoms. The number of rotatable bonds is 6. The first kappa shape index (κ1) is 14.4. The van der Waals surface area contributed by atoms with Gasteiger partial charge >= 0.3 is 11.9 Å². The predicted molar refractivity (Wildman–Crippen MR) is 64.1 cm³/mol. The third kappa shape index (κ3) is 4.62. The fourth-order valence-electron chi connectivity index (χ4n) is 1.30. The Balaban J connectivity index is 2.63. The van der Waals surface area contributed by atoms with E-state index in [1.54, 1.807) is 19.3 Å². The molecular weight excluding hydrogens is 254 g/mol. The van der Waals surface area contributed by atoms with E-state index in [2.05, 4.69) is 10.4 Å². The minimum absolute atomic E-state index is 0.653. The highest BCUT2D eigenvalue weighted by Gasteiger charge is 2.21. The van der Waals surface area contributed by atoms with Crippen molar-refractivity contribution < 1.29 is 24.6 Å². The van der Waals surface area contributed by atoms with E-state index in [0.717, 1.165) is 6.08 Å². The van der Waals surface area contributed by atoms with Crippen LogP contribution in [0.2, 0.25) is 0 Å². The summed E-state index contributed by atoms with van der Waals surface area (Å²) in [7, 11) is 1.68. The van der Waals surface area contributed by atoms with Gasteiger partial charge in [-0.05, 0) is 12.1 Å². The number of carbonyl (C=O) groups is 3. The summed E-state index contributed by atoms with van der Waals surface area (Å²) >= 11 is 0. The van der Waals surface area contributed by atoms with E-state index in [1.165, 1.54) is 10.8 Å². The molecule has 0 spiro atoms. The Hall–Kier alpha value is -2.64. The van der Waals surface area contributed by atoms with E-state index in [-0.39, 0.29) is 0 Å². The molecule has 0 radical (unpaired) electrons. The Morgan fingerprint density at radius 2 is 2.16 bits per heavy atom. The molecule has 1 aromatic rings. The van der Waals surface area contributed by atoms with Crippen molar-refractivity contribution in [1.82, 2.24) is 15.1 Å². The number of aryl methyl sites for hydroxylation is 1. The normalized spacial score (nSPS) is 12.3. The van der Waals surface area contributed by atoms with Crippen LogP contribution in [0.15, 0.2) is 18.3 Å². The molecule has 0 aliphatic carbocycles. The molecule has 1 rings (SSSR count). The Kier molecular flexibility index (Phi) is 4.81. The smallest absolute Gasteiger partial charge is 0.326 e. The predicted octanol–water partition coefficient (Wildman–Crippen LogP) is -0.523. The van der Waals surface area contributed by atoms with Crippen molar-refractivity contribution in [3.63, 3.8) is 0 Å². The molecule has 0 aliphatic heterocycles. The van der Waals surface area contributed by atoms with E-state index in [0.29, 0.717) is 5.69 Å². The fourth-order valence-corrected chi connectivity index (χ4v) is 1.30. The Labute approximate surface area is 108 Å². The number of carboxylic acids is 2. The van der Waals surface area contributed by atoms with Crippen molar-refractivity contribution in [2.75, 3.05) is 0 Å². The second-order valence-electron chi connectivity index (χ2n) is 3.71. The number of carboxylic acid groups (broad SMARTS) is 2. The molecule has 0 unspecified atom stereocenters. The number of nitrogens with one attached hydrogen (secondary N) is 1. The zero-order valence-corrected chi connectivity index (χ0v) is 10.1. The SMILES string of the molecule is Cn1nccc1/C=C/C(=O)N[C@@H](CC(=O)O)C(=O)O. The topological polar surface area (TPSA) is 122 Å². The number of nitrogens with zero attached hydrogens (tertiary/aromatic N) is 2. The third-order valence-corrected chi connectivity index (χ3v) is 2.26. The third-order valence-electron chi connectivity index (χ3n) is 2.26. The standard InChI is InChI=1S/C11H13N3O5/c1-14-7(4-5-12-14)2-3-9(15)13-8(11(18)19)6-10(16)17/h2-5,8H,6H2,1H3,(H,13,15)(H,16,17)(H,18,19)/b3-2+/t8-/m0/s1. The second-order valence-corrected chi connectivity index (χ2v) is 3.71. The molecule has 0 fully saturated rings. The van der Waals surface area contributed by atoms with E-state index >= 15 is 0 Å². The molecule has 1 atom stereocenters. The van der Waals surface area contributed by atoms with Crippen LogP contribution in [-0.2, 0) is 21.4 Å². The largest absolute Gasteiger partial charge is 0.481 e. The number of aromatic nitrogens is 2. The summed E-state index contributed by atoms with van der Waals surface area (Å²) in [6.45, 7) is 0. The molecule has 3 N–H and O–H groups in total. The van der Waals surface area contributed by atoms with Crippen molar-refractivity contribution >= 4 is 23.9 Å². The second kappa shape index (κ2) is 6.34. The van der Waals surface area contributed by atoms with E-state index in [9.17, 15) is 14.4 Å². The molecule has 1 amide bonds. The first-order chi connectivity index (χ1) is 8.90. The van der Waals surface area contributed by atoms with Gasteiger partial charge in [-0.15, -0.1) is 0 Å². The monoisotopic (exact) mass is 267 g/mol. The lowest BCUT2D eigenvalue weighted by atomic mass is 10.2. The minimum Gasteiger partial charge on any atom is -0.481 e. The van der Waals surface area contributed by atoms with Gasteiger partial charge in [-0.2, -0.15) is 5.10 Å². The first-order valence-corrected chi connectivity index (χ1v) is 5.31. The molecular formula is C11H13N3O5. The summed E-state index contributed by atoms with van der Waals surface area (Å²) in [6.07, 6.45) is 3.43. The average Bonchev–Trinajstić information content (AvgIpc) is 2.70. The molecule has 0 aliphatic rings. The van der Waals surface area contributed by atoms with Gasteiger partial charge in [0.05, 0.1) is 12.1 Å². The zero-order valence-electron chi connectivity index (χ0n) is 10.1. The molecule has 0 saturated carbocycles. The zero-order chi connectivity index (χ0) is 14.4. The van der Waals surface area contributed by atoms with Crippen LogP contribution in [0.3, 0.4) is 0 Å². The highest BCUT2D eigenvalue weighted by molar-refractivity contribution is 5.95. The van der Waals surface area contributed by atoms with Gasteiger partial charge in [0.1, 0.15) is 6.04 Å². The van der Waals surface area contributed by atoms with Crippen LogP contribution in [0.4, 0.5) is 0 Å². The van der Waals surface area contributed by atoms with Gasteiger partial charge in [0.15, 0.2) is 0 Å². The van der Waals surface area contributed by atoms with Crippen molar-refractivity contribution in [2.45, 2.75) is 12.5 Å². The maximum absolute atomic E-state index is 11.5. The number of carbonyl (C=O) groups excluding carboxylic acids is 1. The van der Waals surface area contributed by atoms with Gasteiger partial charge in [-0.1, -0.05) is 0 Å². The number of amides is 1. The van der Waals surface area contributed by atoms with Crippen molar-refractivity contribution in [2.24, 2.45) is 7.05 Å². The Bertz CT molecular complexity index is 520. The molecule has 1 aromatic heterocycles. The molecule has 0 saturated heterocycles. The summed E-state index contributed by atoms with van der Waals surface area (Å²) in [5.74, 6) is -3.39.